The van der Waals surface area contributed by atoms with Gasteiger partial charge in [-0.2, -0.15) is 0 Å². The number of hydrogen-bond acceptors (Lipinski definition) is 5. The highest BCUT2D eigenvalue weighted by Crippen LogP contribution is 2.51. The number of hydrogen-bond donors (Lipinski definition) is 0. The summed E-state index contributed by atoms with van der Waals surface area (Å²) in [4.78, 5) is 0. The summed E-state index contributed by atoms with van der Waals surface area (Å²) in [5.74, 6) is 3.13. The Kier molecular flexibility index (Phi) is 11.5. The van der Waals surface area contributed by atoms with Crippen LogP contribution >= 0.6 is 0 Å². The van der Waals surface area contributed by atoms with Gasteiger partial charge in [0.1, 0.15) is 0 Å². The van der Waals surface area contributed by atoms with E-state index in [1.165, 1.54) is 0 Å². The molecule has 5 heteroatoms. The summed E-state index contributed by atoms with van der Waals surface area (Å²) in [6.45, 7) is 13.4. The van der Waals surface area contributed by atoms with Crippen molar-refractivity contribution in [1.82, 2.24) is 0 Å². The van der Waals surface area contributed by atoms with Crippen LogP contribution < -0.4 is 23.7 Å². The first-order valence-electron chi connectivity index (χ1n) is 10.1. The van der Waals surface area contributed by atoms with Crippen LogP contribution in [0.5, 0.6) is 28.7 Å². The van der Waals surface area contributed by atoms with Crippen LogP contribution in [-0.4, -0.2) is 33.0 Å². The largest absolute Gasteiger partial charge is 0.489 e. The van der Waals surface area contributed by atoms with Crippen molar-refractivity contribution in [2.24, 2.45) is 0 Å². The van der Waals surface area contributed by atoms with Crippen molar-refractivity contribution >= 4 is 0 Å². The lowest BCUT2D eigenvalue weighted by Gasteiger charge is -2.22. The molecule has 150 valence electrons. The van der Waals surface area contributed by atoms with Crippen LogP contribution in [-0.2, 0) is 0 Å². The smallest absolute Gasteiger partial charge is 0.211 e. The number of ether oxygens (including phenoxy) is 5. The summed E-state index contributed by atoms with van der Waals surface area (Å²) in [6, 6.07) is 1.88. The van der Waals surface area contributed by atoms with Crippen LogP contribution in [0.4, 0.5) is 0 Å². The SMILES string of the molecule is CCCOc1cc(OCCC)c(OCCC)c(OCCC)c1OCCC. The van der Waals surface area contributed by atoms with Crippen LogP contribution in [0.3, 0.4) is 0 Å². The minimum atomic E-state index is 0.579. The molecule has 0 N–H and O–H groups in total. The van der Waals surface area contributed by atoms with Gasteiger partial charge in [0.2, 0.25) is 17.2 Å². The normalized spacial score (nSPS) is 10.5. The van der Waals surface area contributed by atoms with E-state index in [-0.39, 0.29) is 0 Å². The molecule has 0 saturated carbocycles. The van der Waals surface area contributed by atoms with E-state index in [9.17, 15) is 0 Å². The first-order chi connectivity index (χ1) is 12.7. The van der Waals surface area contributed by atoms with Gasteiger partial charge < -0.3 is 23.7 Å². The van der Waals surface area contributed by atoms with Gasteiger partial charge in [0, 0.05) is 6.07 Å². The Morgan fingerprint density at radius 3 is 1.12 bits per heavy atom. The average molecular weight is 369 g/mol. The zero-order valence-electron chi connectivity index (χ0n) is 17.2. The maximum absolute atomic E-state index is 6.04. The molecule has 0 atom stereocenters. The van der Waals surface area contributed by atoms with Gasteiger partial charge in [0.05, 0.1) is 33.0 Å². The summed E-state index contributed by atoms with van der Waals surface area (Å²) in [5, 5.41) is 0. The van der Waals surface area contributed by atoms with E-state index in [2.05, 4.69) is 34.6 Å². The Hall–Kier alpha value is -1.78. The zero-order valence-corrected chi connectivity index (χ0v) is 17.2. The fourth-order valence-corrected chi connectivity index (χ4v) is 2.23. The van der Waals surface area contributed by atoms with Crippen molar-refractivity contribution in [3.05, 3.63) is 6.07 Å². The molecule has 0 heterocycles. The molecule has 1 aromatic carbocycles. The molecule has 0 bridgehead atoms. The molecule has 26 heavy (non-hydrogen) atoms. The Bertz CT molecular complexity index is 463. The van der Waals surface area contributed by atoms with Crippen LogP contribution in [0.1, 0.15) is 66.7 Å². The van der Waals surface area contributed by atoms with Crippen molar-refractivity contribution < 1.29 is 23.7 Å². The average Bonchev–Trinajstić information content (AvgIpc) is 2.66. The lowest BCUT2D eigenvalue weighted by Crippen LogP contribution is -2.09. The van der Waals surface area contributed by atoms with Crippen LogP contribution in [0.15, 0.2) is 6.07 Å². The molecule has 1 aromatic rings. The first kappa shape index (κ1) is 22.3. The molecule has 0 aliphatic carbocycles. The molecule has 0 aromatic heterocycles. The summed E-state index contributed by atoms with van der Waals surface area (Å²) in [6.07, 6.45) is 4.53. The van der Waals surface area contributed by atoms with Crippen LogP contribution in [0.25, 0.3) is 0 Å². The van der Waals surface area contributed by atoms with E-state index in [4.69, 9.17) is 23.7 Å². The molecular formula is C21H36O5. The lowest BCUT2D eigenvalue weighted by molar-refractivity contribution is 0.214. The topological polar surface area (TPSA) is 46.2 Å². The van der Waals surface area contributed by atoms with Gasteiger partial charge in [-0.05, 0) is 32.1 Å². The molecule has 5 nitrogen and oxygen atoms in total. The highest BCUT2D eigenvalue weighted by Gasteiger charge is 2.24. The van der Waals surface area contributed by atoms with E-state index in [0.717, 1.165) is 32.1 Å². The molecule has 0 radical (unpaired) electrons. The Balaban J connectivity index is 3.41. The van der Waals surface area contributed by atoms with Crippen molar-refractivity contribution in [1.29, 1.82) is 0 Å². The lowest BCUT2D eigenvalue weighted by atomic mass is 10.2. The van der Waals surface area contributed by atoms with Crippen molar-refractivity contribution in [3.63, 3.8) is 0 Å². The Morgan fingerprint density at radius 1 is 0.462 bits per heavy atom. The van der Waals surface area contributed by atoms with Gasteiger partial charge in [-0.1, -0.05) is 34.6 Å². The number of rotatable bonds is 15. The predicted octanol–water partition coefficient (Wildman–Crippen LogP) is 5.63. The molecule has 0 aliphatic heterocycles. The van der Waals surface area contributed by atoms with Crippen molar-refractivity contribution in [2.45, 2.75) is 66.7 Å². The zero-order chi connectivity index (χ0) is 19.2. The molecule has 1 rings (SSSR count). The molecule has 0 aliphatic rings. The number of benzene rings is 1. The second-order valence-corrected chi connectivity index (χ2v) is 6.10. The molecule has 0 unspecified atom stereocenters. The summed E-state index contributed by atoms with van der Waals surface area (Å²) >= 11 is 0. The van der Waals surface area contributed by atoms with E-state index < -0.39 is 0 Å². The third-order valence-electron chi connectivity index (χ3n) is 3.40. The van der Waals surface area contributed by atoms with Gasteiger partial charge in [0.25, 0.3) is 0 Å². The van der Waals surface area contributed by atoms with Crippen molar-refractivity contribution in [2.75, 3.05) is 33.0 Å². The third-order valence-corrected chi connectivity index (χ3v) is 3.40. The molecule has 0 amide bonds. The fourth-order valence-electron chi connectivity index (χ4n) is 2.23. The standard InChI is InChI=1S/C21H36O5/c1-6-11-22-17-16-18(23-12-7-2)20(25-14-9-4)21(26-15-10-5)19(17)24-13-8-3/h16H,6-15H2,1-5H3. The maximum Gasteiger partial charge on any atom is 0.211 e. The van der Waals surface area contributed by atoms with Crippen LogP contribution in [0, 0.1) is 0 Å². The van der Waals surface area contributed by atoms with Gasteiger partial charge in [-0.15, -0.1) is 0 Å². The molecule has 0 fully saturated rings. The quantitative estimate of drug-likeness (QED) is 0.401. The predicted molar refractivity (Wildman–Crippen MR) is 105 cm³/mol. The van der Waals surface area contributed by atoms with E-state index in [0.29, 0.717) is 61.8 Å². The van der Waals surface area contributed by atoms with E-state index >= 15 is 0 Å². The summed E-state index contributed by atoms with van der Waals surface area (Å²) in [5.41, 5.74) is 0. The minimum Gasteiger partial charge on any atom is -0.489 e. The Labute approximate surface area is 158 Å². The van der Waals surface area contributed by atoms with Gasteiger partial charge >= 0.3 is 0 Å². The molecular weight excluding hydrogens is 332 g/mol. The second kappa shape index (κ2) is 13.4. The molecule has 0 spiro atoms. The van der Waals surface area contributed by atoms with Gasteiger partial charge in [-0.25, -0.2) is 0 Å². The highest BCUT2D eigenvalue weighted by molar-refractivity contribution is 5.65. The second-order valence-electron chi connectivity index (χ2n) is 6.10. The maximum atomic E-state index is 6.04. The summed E-state index contributed by atoms with van der Waals surface area (Å²) < 4.78 is 29.9. The fraction of sp³-hybridized carbons (Fsp3) is 0.714. The summed E-state index contributed by atoms with van der Waals surface area (Å²) in [7, 11) is 0. The highest BCUT2D eigenvalue weighted by atomic mass is 16.6. The van der Waals surface area contributed by atoms with Crippen molar-refractivity contribution in [3.8, 4) is 28.7 Å². The first-order valence-corrected chi connectivity index (χ1v) is 10.1. The minimum absolute atomic E-state index is 0.579. The van der Waals surface area contributed by atoms with Crippen LogP contribution in [0.2, 0.25) is 0 Å². The van der Waals surface area contributed by atoms with E-state index in [1.807, 2.05) is 6.07 Å². The third kappa shape index (κ3) is 6.85. The van der Waals surface area contributed by atoms with Gasteiger partial charge in [0.15, 0.2) is 11.5 Å². The Morgan fingerprint density at radius 2 is 0.769 bits per heavy atom. The molecule has 0 saturated heterocycles. The monoisotopic (exact) mass is 368 g/mol. The van der Waals surface area contributed by atoms with E-state index in [1.54, 1.807) is 0 Å². The van der Waals surface area contributed by atoms with Gasteiger partial charge in [-0.3, -0.25) is 0 Å².